The summed E-state index contributed by atoms with van der Waals surface area (Å²) < 4.78 is 10.7. The molecule has 0 radical (unpaired) electrons. The Bertz CT molecular complexity index is 169. The van der Waals surface area contributed by atoms with E-state index in [0.29, 0.717) is 12.1 Å². The maximum atomic E-state index is 5.35. The molecule has 2 rings (SSSR count). The number of hydrogen-bond donors (Lipinski definition) is 1. The third-order valence-electron chi connectivity index (χ3n) is 3.44. The van der Waals surface area contributed by atoms with Crippen LogP contribution in [0.5, 0.6) is 0 Å². The van der Waals surface area contributed by atoms with Crippen molar-refractivity contribution in [2.75, 3.05) is 26.9 Å². The molecule has 14 heavy (non-hydrogen) atoms. The Labute approximate surface area is 86.2 Å². The van der Waals surface area contributed by atoms with Gasteiger partial charge in [0.15, 0.2) is 0 Å². The van der Waals surface area contributed by atoms with Crippen LogP contribution in [-0.4, -0.2) is 39.0 Å². The van der Waals surface area contributed by atoms with E-state index in [1.165, 1.54) is 25.7 Å². The Kier molecular flexibility index (Phi) is 3.79. The Balaban J connectivity index is 1.61. The second-order valence-corrected chi connectivity index (χ2v) is 4.51. The van der Waals surface area contributed by atoms with E-state index >= 15 is 0 Å². The molecular weight excluding hydrogens is 178 g/mol. The highest BCUT2D eigenvalue weighted by Gasteiger charge is 2.25. The van der Waals surface area contributed by atoms with Crippen molar-refractivity contribution in [3.8, 4) is 0 Å². The second kappa shape index (κ2) is 5.10. The largest absolute Gasteiger partial charge is 0.381 e. The summed E-state index contributed by atoms with van der Waals surface area (Å²) in [6, 6.07) is 0.681. The van der Waals surface area contributed by atoms with Gasteiger partial charge in [-0.15, -0.1) is 0 Å². The molecule has 2 aliphatic rings. The van der Waals surface area contributed by atoms with Crippen molar-refractivity contribution in [2.24, 2.45) is 5.92 Å². The van der Waals surface area contributed by atoms with E-state index in [4.69, 9.17) is 9.47 Å². The van der Waals surface area contributed by atoms with Gasteiger partial charge in [0, 0.05) is 26.3 Å². The van der Waals surface area contributed by atoms with Crippen molar-refractivity contribution >= 4 is 0 Å². The van der Waals surface area contributed by atoms with Gasteiger partial charge in [0.2, 0.25) is 0 Å². The van der Waals surface area contributed by atoms with Crippen LogP contribution >= 0.6 is 0 Å². The summed E-state index contributed by atoms with van der Waals surface area (Å²) in [6.45, 7) is 3.03. The van der Waals surface area contributed by atoms with Crippen LogP contribution in [0.4, 0.5) is 0 Å². The Morgan fingerprint density at radius 2 is 2.29 bits per heavy atom. The minimum atomic E-state index is 0.493. The van der Waals surface area contributed by atoms with Gasteiger partial charge in [-0.3, -0.25) is 0 Å². The molecule has 0 aromatic carbocycles. The van der Waals surface area contributed by atoms with Crippen LogP contribution < -0.4 is 5.32 Å². The van der Waals surface area contributed by atoms with Crippen molar-refractivity contribution in [3.05, 3.63) is 0 Å². The number of hydrogen-bond acceptors (Lipinski definition) is 3. The average Bonchev–Trinajstić information content (AvgIpc) is 2.86. The molecule has 2 fully saturated rings. The maximum Gasteiger partial charge on any atom is 0.0586 e. The summed E-state index contributed by atoms with van der Waals surface area (Å²) >= 11 is 0. The summed E-state index contributed by atoms with van der Waals surface area (Å²) in [5.74, 6) is 0.747. The molecule has 1 aliphatic heterocycles. The molecule has 1 aliphatic carbocycles. The van der Waals surface area contributed by atoms with Gasteiger partial charge in [0.25, 0.3) is 0 Å². The molecule has 3 atom stereocenters. The van der Waals surface area contributed by atoms with Gasteiger partial charge in [-0.1, -0.05) is 0 Å². The van der Waals surface area contributed by atoms with Crippen LogP contribution in [0.2, 0.25) is 0 Å². The molecule has 3 unspecified atom stereocenters. The van der Waals surface area contributed by atoms with Crippen LogP contribution in [-0.2, 0) is 9.47 Å². The number of methoxy groups -OCH3 is 1. The highest BCUT2D eigenvalue weighted by molar-refractivity contribution is 4.82. The minimum absolute atomic E-state index is 0.493. The zero-order chi connectivity index (χ0) is 9.80. The van der Waals surface area contributed by atoms with Crippen molar-refractivity contribution in [2.45, 2.75) is 37.8 Å². The summed E-state index contributed by atoms with van der Waals surface area (Å²) in [7, 11) is 1.82. The number of nitrogens with one attached hydrogen (secondary N) is 1. The zero-order valence-corrected chi connectivity index (χ0v) is 9.00. The molecule has 1 saturated heterocycles. The van der Waals surface area contributed by atoms with Crippen LogP contribution in [0.25, 0.3) is 0 Å². The van der Waals surface area contributed by atoms with Crippen LogP contribution in [0.1, 0.15) is 25.7 Å². The zero-order valence-electron chi connectivity index (χ0n) is 9.00. The lowest BCUT2D eigenvalue weighted by atomic mass is 10.1. The van der Waals surface area contributed by atoms with Crippen molar-refractivity contribution in [1.82, 2.24) is 5.32 Å². The van der Waals surface area contributed by atoms with E-state index in [0.717, 1.165) is 25.7 Å². The van der Waals surface area contributed by atoms with Gasteiger partial charge in [0.05, 0.1) is 12.7 Å². The highest BCUT2D eigenvalue weighted by atomic mass is 16.5. The third kappa shape index (κ3) is 2.69. The van der Waals surface area contributed by atoms with Gasteiger partial charge in [-0.25, -0.2) is 0 Å². The van der Waals surface area contributed by atoms with Gasteiger partial charge in [-0.05, 0) is 31.6 Å². The topological polar surface area (TPSA) is 30.5 Å². The summed E-state index contributed by atoms with van der Waals surface area (Å²) in [5, 5.41) is 3.63. The molecule has 1 heterocycles. The Hall–Kier alpha value is -0.120. The van der Waals surface area contributed by atoms with E-state index < -0.39 is 0 Å². The fourth-order valence-electron chi connectivity index (χ4n) is 2.42. The van der Waals surface area contributed by atoms with E-state index in [1.54, 1.807) is 0 Å². The first-order valence-electron chi connectivity index (χ1n) is 5.72. The monoisotopic (exact) mass is 199 g/mol. The van der Waals surface area contributed by atoms with E-state index in [-0.39, 0.29) is 0 Å². The lowest BCUT2D eigenvalue weighted by Gasteiger charge is -2.15. The predicted octanol–water partition coefficient (Wildman–Crippen LogP) is 1.18. The molecule has 3 heteroatoms. The van der Waals surface area contributed by atoms with E-state index in [1.807, 2.05) is 7.11 Å². The van der Waals surface area contributed by atoms with Crippen molar-refractivity contribution in [1.29, 1.82) is 0 Å². The first-order valence-corrected chi connectivity index (χ1v) is 5.72. The summed E-state index contributed by atoms with van der Waals surface area (Å²) in [4.78, 5) is 0. The normalized spacial score (nSPS) is 37.9. The summed E-state index contributed by atoms with van der Waals surface area (Å²) in [5.41, 5.74) is 0. The highest BCUT2D eigenvalue weighted by Crippen LogP contribution is 2.22. The predicted molar refractivity (Wildman–Crippen MR) is 55.4 cm³/mol. The quantitative estimate of drug-likeness (QED) is 0.737. The fourth-order valence-corrected chi connectivity index (χ4v) is 2.42. The molecule has 1 saturated carbocycles. The first-order chi connectivity index (χ1) is 6.88. The lowest BCUT2D eigenvalue weighted by Crippen LogP contribution is -2.32. The van der Waals surface area contributed by atoms with E-state index in [9.17, 15) is 0 Å². The SMILES string of the molecule is COC1CCC(NCC2CCOC2)C1. The molecule has 0 aromatic rings. The third-order valence-corrected chi connectivity index (χ3v) is 3.44. The Morgan fingerprint density at radius 1 is 1.36 bits per heavy atom. The molecule has 82 valence electrons. The lowest BCUT2D eigenvalue weighted by molar-refractivity contribution is 0.106. The first kappa shape index (κ1) is 10.4. The minimum Gasteiger partial charge on any atom is -0.381 e. The molecule has 0 spiro atoms. The van der Waals surface area contributed by atoms with Crippen LogP contribution in [0.3, 0.4) is 0 Å². The average molecular weight is 199 g/mol. The Morgan fingerprint density at radius 3 is 2.93 bits per heavy atom. The molecule has 0 amide bonds. The van der Waals surface area contributed by atoms with Gasteiger partial charge in [-0.2, -0.15) is 0 Å². The maximum absolute atomic E-state index is 5.35. The van der Waals surface area contributed by atoms with E-state index in [2.05, 4.69) is 5.32 Å². The van der Waals surface area contributed by atoms with Crippen molar-refractivity contribution in [3.63, 3.8) is 0 Å². The molecule has 3 nitrogen and oxygen atoms in total. The molecule has 0 bridgehead atoms. The van der Waals surface area contributed by atoms with Crippen LogP contribution in [0.15, 0.2) is 0 Å². The standard InChI is InChI=1S/C11H21NO2/c1-13-11-3-2-10(6-11)12-7-9-4-5-14-8-9/h9-12H,2-8H2,1H3. The van der Waals surface area contributed by atoms with Crippen LogP contribution in [0, 0.1) is 5.92 Å². The second-order valence-electron chi connectivity index (χ2n) is 4.51. The van der Waals surface area contributed by atoms with Gasteiger partial charge >= 0.3 is 0 Å². The molecule has 1 N–H and O–H groups in total. The van der Waals surface area contributed by atoms with Gasteiger partial charge in [0.1, 0.15) is 0 Å². The number of rotatable bonds is 4. The molecule has 0 aromatic heterocycles. The van der Waals surface area contributed by atoms with Gasteiger partial charge < -0.3 is 14.8 Å². The summed E-state index contributed by atoms with van der Waals surface area (Å²) in [6.07, 6.45) is 5.39. The smallest absolute Gasteiger partial charge is 0.0586 e. The van der Waals surface area contributed by atoms with Crippen molar-refractivity contribution < 1.29 is 9.47 Å². The fraction of sp³-hybridized carbons (Fsp3) is 1.00. The number of ether oxygens (including phenoxy) is 2. The molecular formula is C11H21NO2.